The first-order valence-electron chi connectivity index (χ1n) is 4.22. The fourth-order valence-corrected chi connectivity index (χ4v) is 0.912. The summed E-state index contributed by atoms with van der Waals surface area (Å²) in [5.74, 6) is 1.46. The zero-order valence-electron chi connectivity index (χ0n) is 8.20. The van der Waals surface area contributed by atoms with Crippen LogP contribution in [0, 0.1) is 6.92 Å². The van der Waals surface area contributed by atoms with Crippen LogP contribution >= 0.6 is 0 Å². The van der Waals surface area contributed by atoms with Crippen LogP contribution in [0.5, 0.6) is 0 Å². The molecular weight excluding hydrogens is 166 g/mol. The first-order chi connectivity index (χ1) is 6.03. The molecule has 2 N–H and O–H groups in total. The SMILES string of the molecule is Cc1nccc(NC(C)(C)CO)n1. The minimum Gasteiger partial charge on any atom is -0.394 e. The molecule has 72 valence electrons. The zero-order chi connectivity index (χ0) is 9.90. The predicted octanol–water partition coefficient (Wildman–Crippen LogP) is 0.968. The van der Waals surface area contributed by atoms with Gasteiger partial charge in [0.15, 0.2) is 0 Å². The summed E-state index contributed by atoms with van der Waals surface area (Å²) in [6.45, 7) is 5.71. The van der Waals surface area contributed by atoms with E-state index in [9.17, 15) is 0 Å². The quantitative estimate of drug-likeness (QED) is 0.729. The van der Waals surface area contributed by atoms with Gasteiger partial charge < -0.3 is 10.4 Å². The highest BCUT2D eigenvalue weighted by Gasteiger charge is 2.15. The third kappa shape index (κ3) is 2.99. The van der Waals surface area contributed by atoms with Crippen molar-refractivity contribution in [3.8, 4) is 0 Å². The summed E-state index contributed by atoms with van der Waals surface area (Å²) < 4.78 is 0. The normalized spacial score (nSPS) is 11.4. The molecule has 4 nitrogen and oxygen atoms in total. The van der Waals surface area contributed by atoms with Gasteiger partial charge in [0, 0.05) is 6.20 Å². The van der Waals surface area contributed by atoms with Crippen molar-refractivity contribution in [3.63, 3.8) is 0 Å². The summed E-state index contributed by atoms with van der Waals surface area (Å²) in [6, 6.07) is 1.78. The standard InChI is InChI=1S/C9H15N3O/c1-7-10-5-4-8(11-7)12-9(2,3)6-13/h4-5,13H,6H2,1-3H3,(H,10,11,12). The summed E-state index contributed by atoms with van der Waals surface area (Å²) in [7, 11) is 0. The molecule has 1 heterocycles. The highest BCUT2D eigenvalue weighted by Crippen LogP contribution is 2.10. The summed E-state index contributed by atoms with van der Waals surface area (Å²) in [4.78, 5) is 8.16. The van der Waals surface area contributed by atoms with Gasteiger partial charge in [-0.25, -0.2) is 9.97 Å². The van der Waals surface area contributed by atoms with Crippen LogP contribution in [0.1, 0.15) is 19.7 Å². The molecule has 0 fully saturated rings. The maximum Gasteiger partial charge on any atom is 0.130 e. The van der Waals surface area contributed by atoms with Crippen LogP contribution in [0.25, 0.3) is 0 Å². The van der Waals surface area contributed by atoms with Crippen molar-refractivity contribution in [1.29, 1.82) is 0 Å². The molecule has 0 spiro atoms. The van der Waals surface area contributed by atoms with Crippen molar-refractivity contribution in [2.45, 2.75) is 26.3 Å². The fraction of sp³-hybridized carbons (Fsp3) is 0.556. The maximum absolute atomic E-state index is 9.02. The van der Waals surface area contributed by atoms with Crippen LogP contribution in [-0.4, -0.2) is 27.2 Å². The molecule has 1 aromatic rings. The van der Waals surface area contributed by atoms with E-state index in [4.69, 9.17) is 5.11 Å². The molecule has 13 heavy (non-hydrogen) atoms. The predicted molar refractivity (Wildman–Crippen MR) is 51.6 cm³/mol. The van der Waals surface area contributed by atoms with E-state index in [0.717, 1.165) is 11.6 Å². The highest BCUT2D eigenvalue weighted by atomic mass is 16.3. The Morgan fingerprint density at radius 1 is 1.54 bits per heavy atom. The first kappa shape index (κ1) is 9.92. The second-order valence-corrected chi connectivity index (χ2v) is 3.66. The molecule has 0 aliphatic rings. The number of aliphatic hydroxyl groups is 1. The maximum atomic E-state index is 9.02. The summed E-state index contributed by atoms with van der Waals surface area (Å²) in [5, 5.41) is 12.1. The van der Waals surface area contributed by atoms with Gasteiger partial charge in [-0.15, -0.1) is 0 Å². The lowest BCUT2D eigenvalue weighted by Crippen LogP contribution is -2.35. The molecule has 0 aromatic carbocycles. The van der Waals surface area contributed by atoms with Gasteiger partial charge in [-0.05, 0) is 26.8 Å². The Morgan fingerprint density at radius 3 is 2.77 bits per heavy atom. The minimum absolute atomic E-state index is 0.0655. The molecule has 0 saturated carbocycles. The number of hydrogen-bond acceptors (Lipinski definition) is 4. The van der Waals surface area contributed by atoms with Gasteiger partial charge in [0.2, 0.25) is 0 Å². The monoisotopic (exact) mass is 181 g/mol. The van der Waals surface area contributed by atoms with Crippen LogP contribution < -0.4 is 5.32 Å². The molecule has 0 atom stereocenters. The van der Waals surface area contributed by atoms with Crippen molar-refractivity contribution in [2.24, 2.45) is 0 Å². The van der Waals surface area contributed by atoms with Crippen molar-refractivity contribution in [2.75, 3.05) is 11.9 Å². The van der Waals surface area contributed by atoms with Crippen molar-refractivity contribution in [3.05, 3.63) is 18.1 Å². The van der Waals surface area contributed by atoms with Crippen molar-refractivity contribution >= 4 is 5.82 Å². The largest absolute Gasteiger partial charge is 0.394 e. The first-order valence-corrected chi connectivity index (χ1v) is 4.22. The number of nitrogens with zero attached hydrogens (tertiary/aromatic N) is 2. The van der Waals surface area contributed by atoms with E-state index in [1.165, 1.54) is 0 Å². The molecule has 0 aliphatic heterocycles. The third-order valence-corrected chi connectivity index (χ3v) is 1.64. The number of hydrogen-bond donors (Lipinski definition) is 2. The molecule has 0 amide bonds. The number of aliphatic hydroxyl groups excluding tert-OH is 1. The lowest BCUT2D eigenvalue weighted by Gasteiger charge is -2.23. The molecule has 0 aliphatic carbocycles. The second-order valence-electron chi connectivity index (χ2n) is 3.66. The summed E-state index contributed by atoms with van der Waals surface area (Å²) >= 11 is 0. The molecule has 1 aromatic heterocycles. The Labute approximate surface area is 78.0 Å². The van der Waals surface area contributed by atoms with E-state index >= 15 is 0 Å². The van der Waals surface area contributed by atoms with E-state index in [-0.39, 0.29) is 12.1 Å². The number of aryl methyl sites for hydroxylation is 1. The van der Waals surface area contributed by atoms with Crippen molar-refractivity contribution in [1.82, 2.24) is 9.97 Å². The summed E-state index contributed by atoms with van der Waals surface area (Å²) in [5.41, 5.74) is -0.346. The smallest absolute Gasteiger partial charge is 0.130 e. The Morgan fingerprint density at radius 2 is 2.23 bits per heavy atom. The molecule has 0 unspecified atom stereocenters. The van der Waals surface area contributed by atoms with E-state index in [2.05, 4.69) is 15.3 Å². The Hall–Kier alpha value is -1.16. The van der Waals surface area contributed by atoms with Crippen LogP contribution in [0.2, 0.25) is 0 Å². The van der Waals surface area contributed by atoms with Gasteiger partial charge in [-0.1, -0.05) is 0 Å². The topological polar surface area (TPSA) is 58.0 Å². The third-order valence-electron chi connectivity index (χ3n) is 1.64. The van der Waals surface area contributed by atoms with Gasteiger partial charge in [0.25, 0.3) is 0 Å². The van der Waals surface area contributed by atoms with Gasteiger partial charge in [-0.2, -0.15) is 0 Å². The van der Waals surface area contributed by atoms with Gasteiger partial charge in [-0.3, -0.25) is 0 Å². The zero-order valence-corrected chi connectivity index (χ0v) is 8.20. The average molecular weight is 181 g/mol. The van der Waals surface area contributed by atoms with Crippen LogP contribution in [-0.2, 0) is 0 Å². The number of aromatic nitrogens is 2. The lowest BCUT2D eigenvalue weighted by atomic mass is 10.1. The van der Waals surface area contributed by atoms with Gasteiger partial charge in [0.1, 0.15) is 11.6 Å². The Balaban J connectivity index is 2.74. The molecule has 0 saturated heterocycles. The van der Waals surface area contributed by atoms with E-state index in [1.54, 1.807) is 12.3 Å². The molecule has 4 heteroatoms. The Kier molecular flexibility index (Phi) is 2.83. The Bertz CT molecular complexity index is 286. The van der Waals surface area contributed by atoms with E-state index in [0.29, 0.717) is 0 Å². The molecule has 1 rings (SSSR count). The molecule has 0 bridgehead atoms. The second kappa shape index (κ2) is 3.70. The lowest BCUT2D eigenvalue weighted by molar-refractivity contribution is 0.234. The summed E-state index contributed by atoms with van der Waals surface area (Å²) in [6.07, 6.45) is 1.69. The number of nitrogens with one attached hydrogen (secondary N) is 1. The van der Waals surface area contributed by atoms with Gasteiger partial charge in [0.05, 0.1) is 12.1 Å². The number of rotatable bonds is 3. The molecule has 0 radical (unpaired) electrons. The van der Waals surface area contributed by atoms with E-state index < -0.39 is 0 Å². The fourth-order valence-electron chi connectivity index (χ4n) is 0.912. The van der Waals surface area contributed by atoms with Crippen LogP contribution in [0.3, 0.4) is 0 Å². The van der Waals surface area contributed by atoms with E-state index in [1.807, 2.05) is 20.8 Å². The average Bonchev–Trinajstić information content (AvgIpc) is 2.03. The number of anilines is 1. The van der Waals surface area contributed by atoms with Gasteiger partial charge >= 0.3 is 0 Å². The highest BCUT2D eigenvalue weighted by molar-refractivity contribution is 5.35. The van der Waals surface area contributed by atoms with Crippen LogP contribution in [0.4, 0.5) is 5.82 Å². The molecular formula is C9H15N3O. The van der Waals surface area contributed by atoms with Crippen molar-refractivity contribution < 1.29 is 5.11 Å². The van der Waals surface area contributed by atoms with Crippen LogP contribution in [0.15, 0.2) is 12.3 Å². The minimum atomic E-state index is -0.346.